The van der Waals surface area contributed by atoms with Crippen LogP contribution in [0.15, 0.2) is 52.5 Å². The lowest BCUT2D eigenvalue weighted by atomic mass is 10.1. The number of aliphatic imine (C=N–C) groups is 1. The summed E-state index contributed by atoms with van der Waals surface area (Å²) >= 11 is 0. The summed E-state index contributed by atoms with van der Waals surface area (Å²) in [6.07, 6.45) is 3.13. The minimum Gasteiger partial charge on any atom is -0.352 e. The number of hydrogen-bond acceptors (Lipinski definition) is 5. The number of fused-ring (bicyclic) bond motifs is 1. The van der Waals surface area contributed by atoms with Gasteiger partial charge in [0.05, 0.1) is 11.4 Å². The number of halogens is 1. The molecule has 0 unspecified atom stereocenters. The lowest BCUT2D eigenvalue weighted by Crippen LogP contribution is -2.36. The molecular formula is C18H23IN6O2S. The van der Waals surface area contributed by atoms with Crippen LogP contribution in [0.3, 0.4) is 0 Å². The number of pyridine rings is 1. The van der Waals surface area contributed by atoms with Crippen molar-refractivity contribution < 1.29 is 8.42 Å². The second kappa shape index (κ2) is 9.32. The Hall–Kier alpha value is -2.21. The summed E-state index contributed by atoms with van der Waals surface area (Å²) < 4.78 is 25.3. The molecule has 0 aliphatic heterocycles. The molecule has 2 heterocycles. The van der Waals surface area contributed by atoms with Crippen LogP contribution in [0.2, 0.25) is 0 Å². The quantitative estimate of drug-likeness (QED) is 0.307. The van der Waals surface area contributed by atoms with Gasteiger partial charge in [-0.15, -0.1) is 34.2 Å². The molecule has 0 amide bonds. The van der Waals surface area contributed by atoms with Crippen LogP contribution in [0.4, 0.5) is 0 Å². The lowest BCUT2D eigenvalue weighted by Gasteiger charge is -2.12. The van der Waals surface area contributed by atoms with Gasteiger partial charge in [0, 0.05) is 26.0 Å². The fraction of sp³-hybridized carbons (Fsp3) is 0.278. The molecule has 3 aromatic rings. The van der Waals surface area contributed by atoms with Crippen molar-refractivity contribution in [1.29, 1.82) is 0 Å². The van der Waals surface area contributed by atoms with Crippen LogP contribution in [0.1, 0.15) is 17.0 Å². The van der Waals surface area contributed by atoms with E-state index in [2.05, 4.69) is 25.8 Å². The Kier molecular flexibility index (Phi) is 7.35. The fourth-order valence-electron chi connectivity index (χ4n) is 2.82. The molecule has 0 saturated carbocycles. The molecule has 0 aliphatic rings. The zero-order valence-electron chi connectivity index (χ0n) is 15.9. The van der Waals surface area contributed by atoms with E-state index in [1.165, 1.54) is 6.26 Å². The molecule has 0 saturated heterocycles. The van der Waals surface area contributed by atoms with Gasteiger partial charge in [-0.3, -0.25) is 9.39 Å². The van der Waals surface area contributed by atoms with Crippen molar-refractivity contribution in [3.63, 3.8) is 0 Å². The number of rotatable bonds is 5. The van der Waals surface area contributed by atoms with Gasteiger partial charge in [-0.25, -0.2) is 8.42 Å². The molecule has 2 aromatic heterocycles. The third-order valence-corrected chi connectivity index (χ3v) is 5.38. The van der Waals surface area contributed by atoms with Gasteiger partial charge in [0.2, 0.25) is 0 Å². The zero-order chi connectivity index (χ0) is 19.4. The summed E-state index contributed by atoms with van der Waals surface area (Å²) in [5, 5.41) is 14.7. The lowest BCUT2D eigenvalue weighted by molar-refractivity contribution is 0.601. The van der Waals surface area contributed by atoms with E-state index in [4.69, 9.17) is 0 Å². The topological polar surface area (TPSA) is 101 Å². The number of sulfone groups is 1. The van der Waals surface area contributed by atoms with E-state index in [1.807, 2.05) is 34.9 Å². The highest BCUT2D eigenvalue weighted by atomic mass is 127. The van der Waals surface area contributed by atoms with E-state index in [9.17, 15) is 8.42 Å². The van der Waals surface area contributed by atoms with Crippen LogP contribution in [-0.2, 0) is 22.9 Å². The monoisotopic (exact) mass is 514 g/mol. The molecule has 0 spiro atoms. The Bertz CT molecular complexity index is 1090. The van der Waals surface area contributed by atoms with Crippen molar-refractivity contribution in [3.05, 3.63) is 59.5 Å². The van der Waals surface area contributed by atoms with Crippen molar-refractivity contribution >= 4 is 45.4 Å². The van der Waals surface area contributed by atoms with Crippen LogP contribution in [-0.4, -0.2) is 42.3 Å². The van der Waals surface area contributed by atoms with Crippen molar-refractivity contribution in [2.45, 2.75) is 24.9 Å². The number of benzene rings is 1. The summed E-state index contributed by atoms with van der Waals surface area (Å²) in [4.78, 5) is 4.56. The smallest absolute Gasteiger partial charge is 0.191 e. The molecule has 0 atom stereocenters. The van der Waals surface area contributed by atoms with Gasteiger partial charge in [-0.1, -0.05) is 18.2 Å². The summed E-state index contributed by atoms with van der Waals surface area (Å²) in [6.45, 7) is 2.78. The Morgan fingerprint density at radius 2 is 1.89 bits per heavy atom. The Morgan fingerprint density at radius 1 is 1.14 bits per heavy atom. The van der Waals surface area contributed by atoms with Crippen molar-refractivity contribution in [3.8, 4) is 0 Å². The van der Waals surface area contributed by atoms with Crippen LogP contribution in [0, 0.1) is 6.92 Å². The predicted molar refractivity (Wildman–Crippen MR) is 120 cm³/mol. The van der Waals surface area contributed by atoms with E-state index < -0.39 is 9.84 Å². The molecule has 0 fully saturated rings. The molecule has 1 aromatic carbocycles. The third-order valence-electron chi connectivity index (χ3n) is 4.12. The van der Waals surface area contributed by atoms with Gasteiger partial charge in [0.15, 0.2) is 27.3 Å². The maximum Gasteiger partial charge on any atom is 0.191 e. The van der Waals surface area contributed by atoms with Gasteiger partial charge in [-0.05, 0) is 36.2 Å². The minimum absolute atomic E-state index is 0. The first-order chi connectivity index (χ1) is 12.9. The fourth-order valence-corrected chi connectivity index (χ4v) is 3.78. The number of guanidine groups is 1. The Balaban J connectivity index is 0.00000280. The van der Waals surface area contributed by atoms with Gasteiger partial charge >= 0.3 is 0 Å². The van der Waals surface area contributed by atoms with Crippen LogP contribution in [0.25, 0.3) is 5.65 Å². The average Bonchev–Trinajstić information content (AvgIpc) is 3.04. The first-order valence-electron chi connectivity index (χ1n) is 8.41. The Labute approximate surface area is 181 Å². The molecule has 2 N–H and O–H groups in total. The SMILES string of the molecule is CN=C(NCc1ccc(S(C)(=O)=O)c(C)c1)NCc1nnc2ccccn12.I. The molecule has 0 bridgehead atoms. The number of nitrogens with zero attached hydrogens (tertiary/aromatic N) is 4. The second-order valence-corrected chi connectivity index (χ2v) is 8.18. The van der Waals surface area contributed by atoms with Gasteiger partial charge in [0.1, 0.15) is 0 Å². The van der Waals surface area contributed by atoms with Crippen molar-refractivity contribution in [1.82, 2.24) is 25.2 Å². The van der Waals surface area contributed by atoms with Gasteiger partial charge in [-0.2, -0.15) is 0 Å². The van der Waals surface area contributed by atoms with Crippen LogP contribution in [0.5, 0.6) is 0 Å². The standard InChI is InChI=1S/C18H22N6O2S.HI/c1-13-10-14(7-8-15(13)27(3,25)26)11-20-18(19-2)21-12-17-23-22-16-6-4-5-9-24(16)17;/h4-10H,11-12H2,1-3H3,(H2,19,20,21);1H. The molecular weight excluding hydrogens is 491 g/mol. The normalized spacial score (nSPS) is 11.9. The number of aryl methyl sites for hydroxylation is 1. The van der Waals surface area contributed by atoms with E-state index in [1.54, 1.807) is 26.1 Å². The average molecular weight is 514 g/mol. The van der Waals surface area contributed by atoms with Gasteiger partial charge < -0.3 is 10.6 Å². The largest absolute Gasteiger partial charge is 0.352 e. The third kappa shape index (κ3) is 5.19. The van der Waals surface area contributed by atoms with Crippen molar-refractivity contribution in [2.24, 2.45) is 4.99 Å². The van der Waals surface area contributed by atoms with E-state index in [0.29, 0.717) is 23.9 Å². The van der Waals surface area contributed by atoms with Crippen LogP contribution < -0.4 is 10.6 Å². The molecule has 3 rings (SSSR count). The minimum atomic E-state index is -3.21. The molecule has 150 valence electrons. The maximum atomic E-state index is 11.7. The summed E-state index contributed by atoms with van der Waals surface area (Å²) in [5.41, 5.74) is 2.49. The first-order valence-corrected chi connectivity index (χ1v) is 10.3. The molecule has 28 heavy (non-hydrogen) atoms. The van der Waals surface area contributed by atoms with Crippen LogP contribution >= 0.6 is 24.0 Å². The predicted octanol–water partition coefficient (Wildman–Crippen LogP) is 1.92. The Morgan fingerprint density at radius 3 is 2.57 bits per heavy atom. The van der Waals surface area contributed by atoms with E-state index >= 15 is 0 Å². The maximum absolute atomic E-state index is 11.7. The molecule has 0 aliphatic carbocycles. The number of nitrogens with one attached hydrogen (secondary N) is 2. The number of hydrogen-bond donors (Lipinski definition) is 2. The van der Waals surface area contributed by atoms with E-state index in [-0.39, 0.29) is 24.0 Å². The zero-order valence-corrected chi connectivity index (χ0v) is 19.0. The number of aromatic nitrogens is 3. The first kappa shape index (κ1) is 22.1. The molecule has 10 heteroatoms. The van der Waals surface area contributed by atoms with Crippen molar-refractivity contribution in [2.75, 3.05) is 13.3 Å². The second-order valence-electron chi connectivity index (χ2n) is 6.20. The molecule has 8 nitrogen and oxygen atoms in total. The van der Waals surface area contributed by atoms with E-state index in [0.717, 1.165) is 22.6 Å². The highest BCUT2D eigenvalue weighted by molar-refractivity contribution is 14.0. The highest BCUT2D eigenvalue weighted by Gasteiger charge is 2.11. The summed E-state index contributed by atoms with van der Waals surface area (Å²) in [7, 11) is -1.52. The summed E-state index contributed by atoms with van der Waals surface area (Å²) in [6, 6.07) is 11.0. The summed E-state index contributed by atoms with van der Waals surface area (Å²) in [5.74, 6) is 1.40. The molecule has 0 radical (unpaired) electrons. The van der Waals surface area contributed by atoms with Gasteiger partial charge in [0.25, 0.3) is 0 Å². The highest BCUT2D eigenvalue weighted by Crippen LogP contribution is 2.16.